The minimum atomic E-state index is -0.448. The predicted molar refractivity (Wildman–Crippen MR) is 107 cm³/mol. The van der Waals surface area contributed by atoms with Crippen LogP contribution in [0.25, 0.3) is 6.08 Å². The third-order valence-corrected chi connectivity index (χ3v) is 4.54. The molecule has 0 aliphatic heterocycles. The third-order valence-electron chi connectivity index (χ3n) is 3.80. The number of allylic oxidation sites excluding steroid dienone is 1. The standard InChI is InChI=1S/C21H22O5S/c1-5-20(23)26-19-13-15(24-2)12-18(25-3)21(19)17(22)11-8-14-6-9-16(27-4)10-7-14/h6-13H,5H2,1-4H3. The first-order chi connectivity index (χ1) is 13.0. The van der Waals surface area contributed by atoms with E-state index in [1.165, 1.54) is 26.4 Å². The average molecular weight is 386 g/mol. The van der Waals surface area contributed by atoms with Crippen LogP contribution in [0, 0.1) is 0 Å². The molecule has 142 valence electrons. The van der Waals surface area contributed by atoms with Crippen LogP contribution in [0.15, 0.2) is 47.4 Å². The lowest BCUT2D eigenvalue weighted by Crippen LogP contribution is -2.10. The maximum atomic E-state index is 12.8. The van der Waals surface area contributed by atoms with Crippen molar-refractivity contribution in [2.75, 3.05) is 20.5 Å². The van der Waals surface area contributed by atoms with Crippen LogP contribution >= 0.6 is 11.8 Å². The summed E-state index contributed by atoms with van der Waals surface area (Å²) in [6, 6.07) is 10.9. The molecular weight excluding hydrogens is 364 g/mol. The van der Waals surface area contributed by atoms with E-state index >= 15 is 0 Å². The van der Waals surface area contributed by atoms with Gasteiger partial charge in [0.1, 0.15) is 22.8 Å². The normalized spacial score (nSPS) is 10.7. The van der Waals surface area contributed by atoms with Crippen molar-refractivity contribution in [2.24, 2.45) is 0 Å². The van der Waals surface area contributed by atoms with Crippen molar-refractivity contribution in [3.8, 4) is 17.2 Å². The first-order valence-electron chi connectivity index (χ1n) is 8.35. The van der Waals surface area contributed by atoms with Crippen molar-refractivity contribution in [1.82, 2.24) is 0 Å². The number of hydrogen-bond donors (Lipinski definition) is 0. The summed E-state index contributed by atoms with van der Waals surface area (Å²) < 4.78 is 15.8. The van der Waals surface area contributed by atoms with Gasteiger partial charge in [-0.05, 0) is 30.0 Å². The van der Waals surface area contributed by atoms with Crippen molar-refractivity contribution in [1.29, 1.82) is 0 Å². The number of ether oxygens (including phenoxy) is 3. The zero-order valence-electron chi connectivity index (χ0n) is 15.8. The number of methoxy groups -OCH3 is 2. The van der Waals surface area contributed by atoms with Gasteiger partial charge in [-0.2, -0.15) is 0 Å². The maximum absolute atomic E-state index is 12.8. The molecule has 0 aliphatic rings. The molecule has 0 aliphatic carbocycles. The first kappa shape index (κ1) is 20.6. The number of rotatable bonds is 8. The van der Waals surface area contributed by atoms with Crippen molar-refractivity contribution in [3.63, 3.8) is 0 Å². The Hall–Kier alpha value is -2.73. The molecule has 0 saturated carbocycles. The van der Waals surface area contributed by atoms with Crippen LogP contribution in [0.2, 0.25) is 0 Å². The summed E-state index contributed by atoms with van der Waals surface area (Å²) in [6.07, 6.45) is 5.33. The molecule has 2 aromatic carbocycles. The van der Waals surface area contributed by atoms with E-state index in [4.69, 9.17) is 14.2 Å². The highest BCUT2D eigenvalue weighted by atomic mass is 32.2. The number of ketones is 1. The fraction of sp³-hybridized carbons (Fsp3) is 0.238. The fourth-order valence-corrected chi connectivity index (χ4v) is 2.74. The lowest BCUT2D eigenvalue weighted by Gasteiger charge is -2.13. The second kappa shape index (κ2) is 9.83. The van der Waals surface area contributed by atoms with Crippen LogP contribution in [0.3, 0.4) is 0 Å². The molecule has 0 unspecified atom stereocenters. The van der Waals surface area contributed by atoms with E-state index < -0.39 is 5.97 Å². The van der Waals surface area contributed by atoms with Crippen molar-refractivity contribution in [2.45, 2.75) is 18.2 Å². The summed E-state index contributed by atoms with van der Waals surface area (Å²) in [6.45, 7) is 1.68. The number of hydrogen-bond acceptors (Lipinski definition) is 6. The van der Waals surface area contributed by atoms with E-state index in [1.54, 1.807) is 30.8 Å². The smallest absolute Gasteiger partial charge is 0.310 e. The Morgan fingerprint density at radius 3 is 2.26 bits per heavy atom. The van der Waals surface area contributed by atoms with Crippen molar-refractivity contribution < 1.29 is 23.8 Å². The summed E-state index contributed by atoms with van der Waals surface area (Å²) in [5, 5.41) is 0. The molecule has 0 radical (unpaired) electrons. The molecular formula is C21H22O5S. The molecule has 0 aromatic heterocycles. The molecule has 0 spiro atoms. The highest BCUT2D eigenvalue weighted by molar-refractivity contribution is 7.98. The van der Waals surface area contributed by atoms with Gasteiger partial charge in [0.25, 0.3) is 0 Å². The second-order valence-corrected chi connectivity index (χ2v) is 6.38. The summed E-state index contributed by atoms with van der Waals surface area (Å²) in [4.78, 5) is 25.7. The zero-order valence-corrected chi connectivity index (χ0v) is 16.6. The molecule has 0 fully saturated rings. The Labute approximate surface area is 163 Å². The van der Waals surface area contributed by atoms with Gasteiger partial charge in [-0.3, -0.25) is 9.59 Å². The number of esters is 1. The van der Waals surface area contributed by atoms with Gasteiger partial charge in [0.2, 0.25) is 0 Å². The Balaban J connectivity index is 2.39. The monoisotopic (exact) mass is 386 g/mol. The third kappa shape index (κ3) is 5.37. The SMILES string of the molecule is CCC(=O)Oc1cc(OC)cc(OC)c1C(=O)C=Cc1ccc(SC)cc1. The zero-order chi connectivity index (χ0) is 19.8. The van der Waals surface area contributed by atoms with Gasteiger partial charge >= 0.3 is 5.97 Å². The van der Waals surface area contributed by atoms with Gasteiger partial charge in [0.05, 0.1) is 14.2 Å². The summed E-state index contributed by atoms with van der Waals surface area (Å²) in [5.41, 5.74) is 1.07. The summed E-state index contributed by atoms with van der Waals surface area (Å²) >= 11 is 1.65. The van der Waals surface area contributed by atoms with Crippen LogP contribution in [0.1, 0.15) is 29.3 Å². The summed E-state index contributed by atoms with van der Waals surface area (Å²) in [7, 11) is 2.93. The maximum Gasteiger partial charge on any atom is 0.310 e. The Morgan fingerprint density at radius 2 is 1.70 bits per heavy atom. The van der Waals surface area contributed by atoms with Crippen LogP contribution in [0.5, 0.6) is 17.2 Å². The molecule has 0 amide bonds. The molecule has 0 heterocycles. The fourth-order valence-electron chi connectivity index (χ4n) is 2.33. The Kier molecular flexibility index (Phi) is 7.49. The van der Waals surface area contributed by atoms with Crippen molar-refractivity contribution in [3.05, 3.63) is 53.6 Å². The number of benzene rings is 2. The van der Waals surface area contributed by atoms with E-state index in [0.717, 1.165) is 10.5 Å². The molecule has 0 bridgehead atoms. The van der Waals surface area contributed by atoms with Crippen LogP contribution in [-0.4, -0.2) is 32.2 Å². The van der Waals surface area contributed by atoms with E-state index in [0.29, 0.717) is 5.75 Å². The molecule has 0 atom stereocenters. The highest BCUT2D eigenvalue weighted by Crippen LogP contribution is 2.35. The number of carbonyl (C=O) groups is 2. The van der Waals surface area contributed by atoms with E-state index in [2.05, 4.69) is 0 Å². The minimum absolute atomic E-state index is 0.116. The predicted octanol–water partition coefficient (Wildman–Crippen LogP) is 4.64. The average Bonchev–Trinajstić information content (AvgIpc) is 2.71. The highest BCUT2D eigenvalue weighted by Gasteiger charge is 2.20. The Bertz CT molecular complexity index is 840. The lowest BCUT2D eigenvalue weighted by atomic mass is 10.1. The molecule has 5 nitrogen and oxygen atoms in total. The van der Waals surface area contributed by atoms with Crippen LogP contribution in [-0.2, 0) is 4.79 Å². The quantitative estimate of drug-likeness (QED) is 0.217. The molecule has 0 saturated heterocycles. The van der Waals surface area contributed by atoms with E-state index in [-0.39, 0.29) is 29.3 Å². The largest absolute Gasteiger partial charge is 0.496 e. The van der Waals surface area contributed by atoms with Crippen molar-refractivity contribution >= 4 is 29.6 Å². The van der Waals surface area contributed by atoms with Gasteiger partial charge in [-0.25, -0.2) is 0 Å². The minimum Gasteiger partial charge on any atom is -0.496 e. The first-order valence-corrected chi connectivity index (χ1v) is 9.58. The van der Waals surface area contributed by atoms with E-state index in [1.807, 2.05) is 30.5 Å². The van der Waals surface area contributed by atoms with Gasteiger partial charge < -0.3 is 14.2 Å². The lowest BCUT2D eigenvalue weighted by molar-refractivity contribution is -0.134. The molecule has 6 heteroatoms. The number of thioether (sulfide) groups is 1. The van der Waals surface area contributed by atoms with Gasteiger partial charge in [0, 0.05) is 23.4 Å². The van der Waals surface area contributed by atoms with E-state index in [9.17, 15) is 9.59 Å². The molecule has 2 aromatic rings. The molecule has 0 N–H and O–H groups in total. The molecule has 27 heavy (non-hydrogen) atoms. The Morgan fingerprint density at radius 1 is 1.04 bits per heavy atom. The molecule has 2 rings (SSSR count). The van der Waals surface area contributed by atoms with Crippen LogP contribution in [0.4, 0.5) is 0 Å². The second-order valence-electron chi connectivity index (χ2n) is 5.50. The van der Waals surface area contributed by atoms with Gasteiger partial charge in [-0.15, -0.1) is 11.8 Å². The van der Waals surface area contributed by atoms with Crippen LogP contribution < -0.4 is 14.2 Å². The summed E-state index contributed by atoms with van der Waals surface area (Å²) in [5.74, 6) is 0.0448. The van der Waals surface area contributed by atoms with Gasteiger partial charge in [-0.1, -0.05) is 25.1 Å². The number of carbonyl (C=O) groups excluding carboxylic acids is 2. The topological polar surface area (TPSA) is 61.8 Å². The van der Waals surface area contributed by atoms with Gasteiger partial charge in [0.15, 0.2) is 5.78 Å².